The predicted molar refractivity (Wildman–Crippen MR) is 463 cm³/mol. The van der Waals surface area contributed by atoms with Gasteiger partial charge in [0.25, 0.3) is 0 Å². The van der Waals surface area contributed by atoms with E-state index in [1.54, 1.807) is 0 Å². The number of esters is 2. The highest BCUT2D eigenvalue weighted by molar-refractivity contribution is 5.70. The molecule has 0 aromatic heterocycles. The summed E-state index contributed by atoms with van der Waals surface area (Å²) in [6, 6.07) is 0. The molecule has 0 N–H and O–H groups in total. The van der Waals surface area contributed by atoms with Gasteiger partial charge in [-0.3, -0.25) is 9.59 Å². The Morgan fingerprint density at radius 3 is 0.794 bits per heavy atom. The van der Waals surface area contributed by atoms with Crippen molar-refractivity contribution < 1.29 is 42.9 Å². The number of ether oxygens (including phenoxy) is 4. The molecule has 0 aromatic carbocycles. The van der Waals surface area contributed by atoms with Crippen molar-refractivity contribution in [2.75, 3.05) is 47.5 Å². The third-order valence-electron chi connectivity index (χ3n) is 22.1. The highest BCUT2D eigenvalue weighted by Crippen LogP contribution is 2.22. The number of carbonyl (C=O) groups excluding carboxylic acids is 3. The summed E-state index contributed by atoms with van der Waals surface area (Å²) in [5, 5.41) is 11.9. The van der Waals surface area contributed by atoms with Gasteiger partial charge < -0.3 is 33.3 Å². The summed E-state index contributed by atoms with van der Waals surface area (Å²) in [7, 11) is 5.96. The first-order valence-electron chi connectivity index (χ1n) is 47.8. The number of carboxylic acids is 1. The van der Waals surface area contributed by atoms with Crippen LogP contribution < -0.4 is 5.11 Å². The first kappa shape index (κ1) is 104. The lowest BCUT2D eigenvalue weighted by molar-refractivity contribution is -0.870. The number of carbonyl (C=O) groups is 3. The summed E-state index contributed by atoms with van der Waals surface area (Å²) < 4.78 is 23.0. The van der Waals surface area contributed by atoms with Crippen LogP contribution in [0, 0.1) is 0 Å². The zero-order chi connectivity index (χ0) is 77.4. The van der Waals surface area contributed by atoms with E-state index in [9.17, 15) is 19.5 Å². The summed E-state index contributed by atoms with van der Waals surface area (Å²) in [6.45, 7) is 4.73. The molecule has 0 aliphatic carbocycles. The number of allylic oxidation sites excluding steroid dienone is 8. The highest BCUT2D eigenvalue weighted by Gasteiger charge is 2.22. The number of hydrogen-bond acceptors (Lipinski definition) is 8. The largest absolute Gasteiger partial charge is 0.545 e. The van der Waals surface area contributed by atoms with Gasteiger partial charge in [0, 0.05) is 12.8 Å². The van der Waals surface area contributed by atoms with Gasteiger partial charge in [-0.2, -0.15) is 0 Å². The van der Waals surface area contributed by atoms with Gasteiger partial charge in [0.1, 0.15) is 13.2 Å². The van der Waals surface area contributed by atoms with Crippen LogP contribution >= 0.6 is 0 Å². The maximum absolute atomic E-state index is 13.0. The second kappa shape index (κ2) is 88.8. The van der Waals surface area contributed by atoms with Crippen LogP contribution in [0.2, 0.25) is 0 Å². The van der Waals surface area contributed by atoms with Crippen molar-refractivity contribution >= 4 is 17.9 Å². The summed E-state index contributed by atoms with van der Waals surface area (Å²) in [5.74, 6) is -2.24. The molecule has 0 aliphatic rings. The lowest BCUT2D eigenvalue weighted by Crippen LogP contribution is -2.44. The Balaban J connectivity index is 3.85. The number of hydrogen-bond donors (Lipinski definition) is 0. The van der Waals surface area contributed by atoms with E-state index < -0.39 is 24.3 Å². The first-order valence-corrected chi connectivity index (χ1v) is 47.8. The number of unbranched alkanes of at least 4 members (excludes halogenated alkanes) is 68. The summed E-state index contributed by atoms with van der Waals surface area (Å²) in [6.07, 6.45) is 116. The maximum atomic E-state index is 13.0. The molecule has 0 fully saturated rings. The van der Waals surface area contributed by atoms with Gasteiger partial charge in [0.2, 0.25) is 0 Å². The van der Waals surface area contributed by atoms with E-state index in [1.165, 1.54) is 411 Å². The third-order valence-corrected chi connectivity index (χ3v) is 22.1. The zero-order valence-electron chi connectivity index (χ0n) is 72.6. The fourth-order valence-corrected chi connectivity index (χ4v) is 14.9. The fourth-order valence-electron chi connectivity index (χ4n) is 14.9. The van der Waals surface area contributed by atoms with Crippen LogP contribution in [-0.2, 0) is 33.3 Å². The van der Waals surface area contributed by atoms with E-state index in [4.69, 9.17) is 18.9 Å². The van der Waals surface area contributed by atoms with Gasteiger partial charge in [-0.25, -0.2) is 0 Å². The molecule has 0 rings (SSSR count). The van der Waals surface area contributed by atoms with Crippen LogP contribution in [0.5, 0.6) is 0 Å². The van der Waals surface area contributed by atoms with E-state index in [-0.39, 0.29) is 32.2 Å². The molecule has 0 radical (unpaired) electrons. The van der Waals surface area contributed by atoms with Crippen molar-refractivity contribution in [3.05, 3.63) is 48.6 Å². The van der Waals surface area contributed by atoms with E-state index in [0.717, 1.165) is 64.2 Å². The molecule has 9 heteroatoms. The topological polar surface area (TPSA) is 111 Å². The minimum atomic E-state index is -1.62. The average Bonchev–Trinajstić information content (AvgIpc) is 0.965. The summed E-state index contributed by atoms with van der Waals surface area (Å²) >= 11 is 0. The molecule has 0 heterocycles. The molecule has 0 spiro atoms. The Bertz CT molecular complexity index is 1910. The number of carboxylic acid groups (broad SMARTS) is 1. The number of rotatable bonds is 91. The highest BCUT2D eigenvalue weighted by atomic mass is 16.7. The molecule has 2 atom stereocenters. The molecular formula is C98H185NO8. The predicted octanol–water partition coefficient (Wildman–Crippen LogP) is 30.2. The van der Waals surface area contributed by atoms with Gasteiger partial charge in [0.15, 0.2) is 12.4 Å². The zero-order valence-corrected chi connectivity index (χ0v) is 72.6. The van der Waals surface area contributed by atoms with E-state index >= 15 is 0 Å². The molecule has 107 heavy (non-hydrogen) atoms. The minimum absolute atomic E-state index is 0.152. The standard InChI is InChI=1S/C98H185NO8/c1-6-8-10-12-14-16-18-20-22-24-26-28-30-32-34-36-38-40-42-44-46-48-50-52-54-56-58-60-62-64-66-68-70-72-74-76-78-80-82-84-86-88-95(100)105-92-94(93-106-98(97(102)103)104-91-90-99(3,4)5)107-96(101)89-87-85-83-81-79-77-75-73-71-69-67-65-63-61-59-57-55-53-51-49-47-45-43-41-39-37-35-33-31-29-27-25-23-21-19-17-15-13-11-9-7-2/h9,11,15,17,21,23,27,29,94,98H,6-8,10,12-14,16,18-20,22,24-26,28,30-93H2,1-5H3/b11-9-,17-15-,23-21-,29-27-. The maximum Gasteiger partial charge on any atom is 0.306 e. The van der Waals surface area contributed by atoms with E-state index in [1.807, 2.05) is 21.1 Å². The van der Waals surface area contributed by atoms with Crippen LogP contribution in [0.1, 0.15) is 502 Å². The van der Waals surface area contributed by atoms with Gasteiger partial charge in [-0.05, 0) is 51.4 Å². The van der Waals surface area contributed by atoms with E-state index in [2.05, 4.69) is 62.5 Å². The number of nitrogens with zero attached hydrogens (tertiary/aromatic N) is 1. The van der Waals surface area contributed by atoms with Crippen molar-refractivity contribution in [2.24, 2.45) is 0 Å². The first-order chi connectivity index (χ1) is 52.6. The Hall–Kier alpha value is -2.75. The Labute approximate surface area is 667 Å². The molecule has 9 nitrogen and oxygen atoms in total. The Morgan fingerprint density at radius 1 is 0.290 bits per heavy atom. The Kier molecular flexibility index (Phi) is 86.5. The summed E-state index contributed by atoms with van der Waals surface area (Å²) in [4.78, 5) is 37.7. The van der Waals surface area contributed by atoms with Crippen molar-refractivity contribution in [3.8, 4) is 0 Å². The fraction of sp³-hybridized carbons (Fsp3) is 0.888. The molecule has 0 aromatic rings. The lowest BCUT2D eigenvalue weighted by atomic mass is 10.0. The average molecular weight is 1510 g/mol. The molecule has 630 valence electrons. The molecule has 0 aliphatic heterocycles. The molecule has 2 unspecified atom stereocenters. The minimum Gasteiger partial charge on any atom is -0.545 e. The molecular weight excluding hydrogens is 1320 g/mol. The SMILES string of the molecule is CC/C=C\C/C=C\C/C=C\C/C=C\CCCCCCCCCCCCCCCCCCCCCCCCCCCCCCC(=O)OC(COC(=O)CCCCCCCCCCCCCCCCCCCCCCCCCCCCCCCCCCCCCCCCCCC)COC(OCC[N+](C)(C)C)C(=O)[O-]. The summed E-state index contributed by atoms with van der Waals surface area (Å²) in [5.41, 5.74) is 0. The lowest BCUT2D eigenvalue weighted by Gasteiger charge is -2.26. The second-order valence-corrected chi connectivity index (χ2v) is 34.0. The van der Waals surface area contributed by atoms with Crippen LogP contribution in [0.15, 0.2) is 48.6 Å². The smallest absolute Gasteiger partial charge is 0.306 e. The van der Waals surface area contributed by atoms with Crippen molar-refractivity contribution in [1.29, 1.82) is 0 Å². The van der Waals surface area contributed by atoms with Crippen LogP contribution in [0.25, 0.3) is 0 Å². The normalized spacial score (nSPS) is 12.7. The van der Waals surface area contributed by atoms with Crippen LogP contribution in [0.4, 0.5) is 0 Å². The molecule has 0 saturated carbocycles. The van der Waals surface area contributed by atoms with Gasteiger partial charge in [0.05, 0.1) is 40.3 Å². The van der Waals surface area contributed by atoms with Crippen LogP contribution in [-0.4, -0.2) is 82.3 Å². The van der Waals surface area contributed by atoms with Crippen molar-refractivity contribution in [3.63, 3.8) is 0 Å². The van der Waals surface area contributed by atoms with Gasteiger partial charge in [-0.15, -0.1) is 0 Å². The quantitative estimate of drug-likeness (QED) is 0.0195. The van der Waals surface area contributed by atoms with Crippen LogP contribution in [0.3, 0.4) is 0 Å². The van der Waals surface area contributed by atoms with Gasteiger partial charge >= 0.3 is 11.9 Å². The molecule has 0 amide bonds. The molecule has 0 saturated heterocycles. The number of likely N-dealkylation sites (N-methyl/N-ethyl adjacent to an activating group) is 1. The third kappa shape index (κ3) is 90.3. The monoisotopic (exact) mass is 1500 g/mol. The number of quaternary nitrogens is 1. The van der Waals surface area contributed by atoms with Crippen molar-refractivity contribution in [1.82, 2.24) is 0 Å². The second-order valence-electron chi connectivity index (χ2n) is 34.0. The number of aliphatic carboxylic acids is 1. The van der Waals surface area contributed by atoms with E-state index in [0.29, 0.717) is 17.4 Å². The Morgan fingerprint density at radius 2 is 0.533 bits per heavy atom. The van der Waals surface area contributed by atoms with Crippen molar-refractivity contribution in [2.45, 2.75) is 514 Å². The van der Waals surface area contributed by atoms with Gasteiger partial charge in [-0.1, -0.05) is 486 Å². The molecule has 0 bridgehead atoms.